The first-order valence-electron chi connectivity index (χ1n) is 8.16. The number of carbonyl (C=O) groups is 1. The molecular formula is C18H23F3O3Se. The summed E-state index contributed by atoms with van der Waals surface area (Å²) in [6.45, 7) is 4.83. The number of benzene rings is 1. The molecule has 0 radical (unpaired) electrons. The predicted molar refractivity (Wildman–Crippen MR) is 89.8 cm³/mol. The van der Waals surface area contributed by atoms with E-state index in [-0.39, 0.29) is 25.7 Å². The van der Waals surface area contributed by atoms with E-state index in [1.807, 2.05) is 30.3 Å². The topological polar surface area (TPSA) is 46.5 Å². The molecule has 1 fully saturated rings. The minimum absolute atomic E-state index is 0.0203. The fraction of sp³-hybridized carbons (Fsp3) is 0.611. The van der Waals surface area contributed by atoms with Crippen LogP contribution in [0.4, 0.5) is 13.2 Å². The molecule has 1 aromatic carbocycles. The summed E-state index contributed by atoms with van der Waals surface area (Å²) in [4.78, 5) is 11.2. The van der Waals surface area contributed by atoms with Gasteiger partial charge in [0.05, 0.1) is 0 Å². The van der Waals surface area contributed by atoms with Crippen LogP contribution in [0.3, 0.4) is 0 Å². The SMILES string of the molecule is CC1(O)CC[C@@H](C(C)(C)OC(=O)C(F)(F)F)CC1[Se]c1ccccc1. The Kier molecular flexibility index (Phi) is 5.92. The molecule has 0 spiro atoms. The zero-order valence-electron chi connectivity index (χ0n) is 14.5. The van der Waals surface area contributed by atoms with Crippen molar-refractivity contribution in [2.75, 3.05) is 0 Å². The molecule has 0 saturated heterocycles. The van der Waals surface area contributed by atoms with Crippen LogP contribution in [0.1, 0.15) is 40.0 Å². The zero-order valence-corrected chi connectivity index (χ0v) is 16.2. The molecule has 0 bridgehead atoms. The summed E-state index contributed by atoms with van der Waals surface area (Å²) in [6, 6.07) is 9.77. The average molecular weight is 423 g/mol. The number of aliphatic hydroxyl groups is 1. The van der Waals surface area contributed by atoms with Gasteiger partial charge in [0, 0.05) is 0 Å². The summed E-state index contributed by atoms with van der Waals surface area (Å²) in [6.07, 6.45) is -3.47. The van der Waals surface area contributed by atoms with Crippen molar-refractivity contribution in [3.05, 3.63) is 30.3 Å². The molecule has 1 saturated carbocycles. The van der Waals surface area contributed by atoms with Crippen molar-refractivity contribution in [3.8, 4) is 0 Å². The molecule has 3 nitrogen and oxygen atoms in total. The second kappa shape index (κ2) is 7.29. The second-order valence-corrected chi connectivity index (χ2v) is 9.92. The molecule has 3 atom stereocenters. The van der Waals surface area contributed by atoms with Crippen molar-refractivity contribution in [1.29, 1.82) is 0 Å². The van der Waals surface area contributed by atoms with Gasteiger partial charge in [-0.25, -0.2) is 0 Å². The molecule has 1 aliphatic rings. The molecule has 1 aliphatic carbocycles. The van der Waals surface area contributed by atoms with Gasteiger partial charge in [0.1, 0.15) is 0 Å². The van der Waals surface area contributed by atoms with E-state index in [9.17, 15) is 23.1 Å². The van der Waals surface area contributed by atoms with Gasteiger partial charge in [-0.3, -0.25) is 0 Å². The van der Waals surface area contributed by atoms with Crippen molar-refractivity contribution >= 4 is 25.4 Å². The van der Waals surface area contributed by atoms with Gasteiger partial charge >= 0.3 is 152 Å². The van der Waals surface area contributed by atoms with E-state index in [2.05, 4.69) is 0 Å². The van der Waals surface area contributed by atoms with E-state index in [0.29, 0.717) is 19.3 Å². The van der Waals surface area contributed by atoms with Crippen LogP contribution in [0.2, 0.25) is 4.82 Å². The van der Waals surface area contributed by atoms with Gasteiger partial charge in [0.25, 0.3) is 0 Å². The predicted octanol–water partition coefficient (Wildman–Crippen LogP) is 3.24. The molecule has 7 heteroatoms. The van der Waals surface area contributed by atoms with Crippen molar-refractivity contribution in [1.82, 2.24) is 0 Å². The number of halogens is 3. The van der Waals surface area contributed by atoms with Crippen LogP contribution >= 0.6 is 0 Å². The molecule has 140 valence electrons. The molecule has 1 aromatic rings. The van der Waals surface area contributed by atoms with Crippen molar-refractivity contribution < 1.29 is 27.8 Å². The van der Waals surface area contributed by atoms with Crippen LogP contribution in [0, 0.1) is 5.92 Å². The average Bonchev–Trinajstić information content (AvgIpc) is 2.48. The fourth-order valence-corrected chi connectivity index (χ4v) is 5.93. The van der Waals surface area contributed by atoms with Crippen LogP contribution in [0.25, 0.3) is 0 Å². The Morgan fingerprint density at radius 2 is 1.88 bits per heavy atom. The van der Waals surface area contributed by atoms with Crippen LogP contribution < -0.4 is 4.46 Å². The first kappa shape index (κ1) is 20.3. The van der Waals surface area contributed by atoms with Crippen LogP contribution in [-0.4, -0.2) is 43.4 Å². The van der Waals surface area contributed by atoms with Crippen molar-refractivity contribution in [2.45, 2.75) is 62.2 Å². The number of ether oxygens (including phenoxy) is 1. The molecule has 2 unspecified atom stereocenters. The number of esters is 1. The summed E-state index contributed by atoms with van der Waals surface area (Å²) in [7, 11) is 0. The van der Waals surface area contributed by atoms with Gasteiger partial charge in [0.15, 0.2) is 0 Å². The summed E-state index contributed by atoms with van der Waals surface area (Å²) in [5.74, 6) is -2.38. The van der Waals surface area contributed by atoms with Crippen LogP contribution in [0.5, 0.6) is 0 Å². The first-order chi connectivity index (χ1) is 11.4. The van der Waals surface area contributed by atoms with Gasteiger partial charge in [0.2, 0.25) is 0 Å². The molecule has 0 heterocycles. The Labute approximate surface area is 152 Å². The molecule has 25 heavy (non-hydrogen) atoms. The molecular weight excluding hydrogens is 400 g/mol. The monoisotopic (exact) mass is 424 g/mol. The third-order valence-electron chi connectivity index (χ3n) is 4.78. The van der Waals surface area contributed by atoms with Gasteiger partial charge in [-0.15, -0.1) is 0 Å². The van der Waals surface area contributed by atoms with Crippen LogP contribution in [0.15, 0.2) is 30.3 Å². The summed E-state index contributed by atoms with van der Waals surface area (Å²) in [5, 5.41) is 10.7. The van der Waals surface area contributed by atoms with Gasteiger partial charge < -0.3 is 0 Å². The zero-order chi connectivity index (χ0) is 18.9. The molecule has 0 aliphatic heterocycles. The Bertz CT molecular complexity index is 599. The Balaban J connectivity index is 2.11. The Morgan fingerprint density at radius 1 is 1.28 bits per heavy atom. The third kappa shape index (κ3) is 5.22. The quantitative estimate of drug-likeness (QED) is 0.598. The molecule has 1 N–H and O–H groups in total. The van der Waals surface area contributed by atoms with E-state index < -0.39 is 23.3 Å². The second-order valence-electron chi connectivity index (χ2n) is 7.24. The van der Waals surface area contributed by atoms with Crippen LogP contribution in [-0.2, 0) is 9.53 Å². The Morgan fingerprint density at radius 3 is 2.44 bits per heavy atom. The number of hydrogen-bond donors (Lipinski definition) is 1. The summed E-state index contributed by atoms with van der Waals surface area (Å²) < 4.78 is 43.5. The summed E-state index contributed by atoms with van der Waals surface area (Å²) in [5.41, 5.74) is -2.09. The molecule has 2 rings (SSSR count). The first-order valence-corrected chi connectivity index (χ1v) is 10.0. The van der Waals surface area contributed by atoms with E-state index >= 15 is 0 Å². The van der Waals surface area contributed by atoms with Crippen molar-refractivity contribution in [3.63, 3.8) is 0 Å². The standard InChI is InChI=1S/C18H23F3O3Se/c1-16(2,24-15(22)18(19,20)21)12-9-10-17(3,23)14(11-12)25-13-7-5-4-6-8-13/h4-8,12,14,23H,9-11H2,1-3H3/t12-,14?,17?/m1/s1. The normalized spacial score (nSPS) is 27.8. The van der Waals surface area contributed by atoms with E-state index in [1.165, 1.54) is 13.8 Å². The number of hydrogen-bond acceptors (Lipinski definition) is 3. The summed E-state index contributed by atoms with van der Waals surface area (Å²) >= 11 is -0.0203. The molecule has 0 amide bonds. The number of alkyl halides is 3. The van der Waals surface area contributed by atoms with Gasteiger partial charge in [-0.2, -0.15) is 0 Å². The minimum atomic E-state index is -5.00. The van der Waals surface area contributed by atoms with Crippen molar-refractivity contribution in [2.24, 2.45) is 5.92 Å². The third-order valence-corrected chi connectivity index (χ3v) is 7.99. The molecule has 0 aromatic heterocycles. The fourth-order valence-electron chi connectivity index (χ4n) is 3.11. The maximum atomic E-state index is 12.5. The maximum absolute atomic E-state index is 12.5. The van der Waals surface area contributed by atoms with E-state index in [4.69, 9.17) is 4.74 Å². The van der Waals surface area contributed by atoms with Gasteiger partial charge in [-0.1, -0.05) is 0 Å². The van der Waals surface area contributed by atoms with E-state index in [1.54, 1.807) is 6.92 Å². The number of carbonyl (C=O) groups excluding carboxylic acids is 1. The Hall–Kier alpha value is -1.04. The van der Waals surface area contributed by atoms with E-state index in [0.717, 1.165) is 4.46 Å². The number of rotatable bonds is 4. The van der Waals surface area contributed by atoms with Gasteiger partial charge in [-0.05, 0) is 0 Å².